The van der Waals surface area contributed by atoms with Crippen molar-refractivity contribution in [1.29, 1.82) is 0 Å². The number of nitro groups is 1. The van der Waals surface area contributed by atoms with Crippen molar-refractivity contribution in [3.05, 3.63) is 33.9 Å². The summed E-state index contributed by atoms with van der Waals surface area (Å²) in [4.78, 5) is 10.2. The highest BCUT2D eigenvalue weighted by molar-refractivity contribution is 7.80. The summed E-state index contributed by atoms with van der Waals surface area (Å²) in [7, 11) is 0. The fourth-order valence-electron chi connectivity index (χ4n) is 1.08. The first-order valence-electron chi connectivity index (χ1n) is 4.29. The van der Waals surface area contributed by atoms with Gasteiger partial charge in [-0.1, -0.05) is 17.9 Å². The van der Waals surface area contributed by atoms with Gasteiger partial charge in [-0.25, -0.2) is 0 Å². The Kier molecular flexibility index (Phi) is 4.01. The van der Waals surface area contributed by atoms with Gasteiger partial charge in [0.05, 0.1) is 4.92 Å². The van der Waals surface area contributed by atoms with Crippen LogP contribution in [-0.4, -0.2) is 10.7 Å². The number of hydrogen-bond acceptors (Lipinski definition) is 4. The van der Waals surface area contributed by atoms with Crippen LogP contribution in [0.2, 0.25) is 0 Å². The molecule has 78 valence electrons. The zero-order chi connectivity index (χ0) is 11.3. The Bertz CT molecular complexity index is 435. The third kappa shape index (κ3) is 2.89. The largest absolute Gasteiger partial charge is 0.393 e. The zero-order valence-electron chi connectivity index (χ0n) is 7.93. The molecular weight excluding hydrogens is 212 g/mol. The Labute approximate surface area is 93.0 Å². The van der Waals surface area contributed by atoms with Crippen LogP contribution in [0, 0.1) is 22.0 Å². The van der Waals surface area contributed by atoms with Gasteiger partial charge in [0.2, 0.25) is 0 Å². The second-order valence-electron chi connectivity index (χ2n) is 2.78. The summed E-state index contributed by atoms with van der Waals surface area (Å²) in [6.45, 7) is 0. The van der Waals surface area contributed by atoms with Crippen LogP contribution >= 0.6 is 12.6 Å². The number of nitrogens with two attached hydrogens (primary N) is 1. The van der Waals surface area contributed by atoms with E-state index >= 15 is 0 Å². The molecule has 0 bridgehead atoms. The molecule has 4 nitrogen and oxygen atoms in total. The lowest BCUT2D eigenvalue weighted by Crippen LogP contribution is -1.98. The highest BCUT2D eigenvalue weighted by Gasteiger charge is 2.15. The van der Waals surface area contributed by atoms with Gasteiger partial charge in [0.15, 0.2) is 0 Å². The van der Waals surface area contributed by atoms with E-state index in [1.165, 1.54) is 6.07 Å². The second-order valence-corrected chi connectivity index (χ2v) is 3.22. The summed E-state index contributed by atoms with van der Waals surface area (Å²) >= 11 is 3.99. The van der Waals surface area contributed by atoms with Crippen LogP contribution < -0.4 is 5.73 Å². The molecule has 0 atom stereocenters. The third-order valence-electron chi connectivity index (χ3n) is 1.71. The molecule has 0 aliphatic heterocycles. The van der Waals surface area contributed by atoms with Gasteiger partial charge >= 0.3 is 5.69 Å². The first-order chi connectivity index (χ1) is 7.16. The molecule has 0 saturated carbocycles. The van der Waals surface area contributed by atoms with Crippen LogP contribution in [0.15, 0.2) is 18.2 Å². The van der Waals surface area contributed by atoms with Crippen LogP contribution in [0.4, 0.5) is 11.4 Å². The Morgan fingerprint density at radius 1 is 1.53 bits per heavy atom. The minimum Gasteiger partial charge on any atom is -0.393 e. The van der Waals surface area contributed by atoms with Gasteiger partial charge in [0.25, 0.3) is 0 Å². The van der Waals surface area contributed by atoms with Gasteiger partial charge in [0.1, 0.15) is 11.3 Å². The number of thiol groups is 1. The number of para-hydroxylation sites is 1. The first kappa shape index (κ1) is 11.4. The fraction of sp³-hybridized carbons (Fsp3) is 0.200. The number of anilines is 1. The minimum atomic E-state index is -0.514. The van der Waals surface area contributed by atoms with Crippen LogP contribution in [0.25, 0.3) is 0 Å². The van der Waals surface area contributed by atoms with Crippen molar-refractivity contribution in [2.75, 3.05) is 11.5 Å². The van der Waals surface area contributed by atoms with E-state index in [1.807, 2.05) is 0 Å². The predicted molar refractivity (Wildman–Crippen MR) is 62.9 cm³/mol. The number of nitrogens with zero attached hydrogens (tertiary/aromatic N) is 1. The summed E-state index contributed by atoms with van der Waals surface area (Å²) in [5.74, 6) is 6.13. The van der Waals surface area contributed by atoms with Crippen molar-refractivity contribution >= 4 is 24.0 Å². The summed E-state index contributed by atoms with van der Waals surface area (Å²) in [6.07, 6.45) is 0.592. The van der Waals surface area contributed by atoms with Crippen LogP contribution in [-0.2, 0) is 0 Å². The van der Waals surface area contributed by atoms with Gasteiger partial charge in [0, 0.05) is 12.2 Å². The van der Waals surface area contributed by atoms with Crippen molar-refractivity contribution < 1.29 is 4.92 Å². The van der Waals surface area contributed by atoms with Gasteiger partial charge in [-0.3, -0.25) is 10.1 Å². The van der Waals surface area contributed by atoms with Crippen molar-refractivity contribution in [2.24, 2.45) is 0 Å². The van der Waals surface area contributed by atoms with E-state index in [2.05, 4.69) is 24.5 Å². The Hall–Kier alpha value is -1.67. The molecule has 1 aromatic carbocycles. The quantitative estimate of drug-likeness (QED) is 0.264. The van der Waals surface area contributed by atoms with E-state index in [0.29, 0.717) is 17.7 Å². The lowest BCUT2D eigenvalue weighted by atomic mass is 10.1. The first-order valence-corrected chi connectivity index (χ1v) is 4.92. The maximum Gasteiger partial charge on any atom is 0.307 e. The molecule has 1 rings (SSSR count). The second kappa shape index (κ2) is 5.27. The van der Waals surface area contributed by atoms with E-state index in [9.17, 15) is 10.1 Å². The molecule has 0 saturated heterocycles. The number of rotatable bonds is 2. The smallest absolute Gasteiger partial charge is 0.307 e. The molecule has 0 radical (unpaired) electrons. The fourth-order valence-corrected chi connectivity index (χ4v) is 1.19. The Balaban J connectivity index is 3.13. The van der Waals surface area contributed by atoms with E-state index in [-0.39, 0.29) is 11.4 Å². The highest BCUT2D eigenvalue weighted by atomic mass is 32.1. The molecule has 0 fully saturated rings. The maximum absolute atomic E-state index is 10.7. The monoisotopic (exact) mass is 222 g/mol. The molecule has 0 amide bonds. The van der Waals surface area contributed by atoms with Gasteiger partial charge in [-0.05, 0) is 12.1 Å². The summed E-state index contributed by atoms with van der Waals surface area (Å²) in [6, 6.07) is 4.72. The molecule has 0 aliphatic rings. The molecule has 0 heterocycles. The molecule has 15 heavy (non-hydrogen) atoms. The molecule has 2 N–H and O–H groups in total. The normalized spacial score (nSPS) is 9.13. The molecule has 0 spiro atoms. The topological polar surface area (TPSA) is 69.2 Å². The van der Waals surface area contributed by atoms with Crippen molar-refractivity contribution in [3.63, 3.8) is 0 Å². The van der Waals surface area contributed by atoms with E-state index in [0.717, 1.165) is 0 Å². The average molecular weight is 222 g/mol. The molecule has 1 aromatic rings. The number of nitrogen functional groups attached to an aromatic ring is 1. The Morgan fingerprint density at radius 2 is 2.27 bits per heavy atom. The lowest BCUT2D eigenvalue weighted by Gasteiger charge is -1.98. The van der Waals surface area contributed by atoms with Crippen LogP contribution in [0.5, 0.6) is 0 Å². The molecule has 0 aliphatic carbocycles. The summed E-state index contributed by atoms with van der Waals surface area (Å²) in [5.41, 5.74) is 5.87. The third-order valence-corrected chi connectivity index (χ3v) is 1.93. The van der Waals surface area contributed by atoms with Gasteiger partial charge in [-0.15, -0.1) is 0 Å². The molecule has 5 heteroatoms. The summed E-state index contributed by atoms with van der Waals surface area (Å²) in [5, 5.41) is 10.7. The summed E-state index contributed by atoms with van der Waals surface area (Å²) < 4.78 is 0. The highest BCUT2D eigenvalue weighted by Crippen LogP contribution is 2.24. The van der Waals surface area contributed by atoms with Crippen molar-refractivity contribution in [3.8, 4) is 11.8 Å². The number of benzene rings is 1. The maximum atomic E-state index is 10.7. The predicted octanol–water partition coefficient (Wildman–Crippen LogP) is 1.85. The SMILES string of the molecule is Nc1cccc(C#CCCS)c1[N+](=O)[O-]. The lowest BCUT2D eigenvalue weighted by molar-refractivity contribution is -0.384. The van der Waals surface area contributed by atoms with Gasteiger partial charge in [-0.2, -0.15) is 12.6 Å². The van der Waals surface area contributed by atoms with E-state index in [1.54, 1.807) is 12.1 Å². The van der Waals surface area contributed by atoms with Crippen LogP contribution in [0.3, 0.4) is 0 Å². The van der Waals surface area contributed by atoms with E-state index < -0.39 is 4.92 Å². The zero-order valence-corrected chi connectivity index (χ0v) is 8.83. The number of hydrogen-bond donors (Lipinski definition) is 2. The van der Waals surface area contributed by atoms with Crippen molar-refractivity contribution in [1.82, 2.24) is 0 Å². The molecule has 0 aromatic heterocycles. The van der Waals surface area contributed by atoms with Gasteiger partial charge < -0.3 is 5.73 Å². The Morgan fingerprint density at radius 3 is 2.87 bits per heavy atom. The van der Waals surface area contributed by atoms with Crippen molar-refractivity contribution in [2.45, 2.75) is 6.42 Å². The standard InChI is InChI=1S/C10H10N2O2S/c11-9-6-3-5-8(4-1-2-7-15)10(9)12(13)14/h3,5-6,15H,2,7,11H2. The van der Waals surface area contributed by atoms with Crippen LogP contribution in [0.1, 0.15) is 12.0 Å². The molecule has 0 unspecified atom stereocenters. The molecular formula is C10H10N2O2S. The van der Waals surface area contributed by atoms with E-state index in [4.69, 9.17) is 5.73 Å². The minimum absolute atomic E-state index is 0.121. The number of nitro benzene ring substituents is 1. The average Bonchev–Trinajstić information content (AvgIpc) is 2.17.